The number of piperazine rings is 1. The van der Waals surface area contributed by atoms with Crippen LogP contribution in [0.5, 0.6) is 0 Å². The van der Waals surface area contributed by atoms with Gasteiger partial charge in [0.05, 0.1) is 23.0 Å². The fourth-order valence-corrected chi connectivity index (χ4v) is 9.38. The molecule has 1 atom stereocenters. The summed E-state index contributed by atoms with van der Waals surface area (Å²) in [5.41, 5.74) is 3.50. The number of aryl methyl sites for hydroxylation is 1. The predicted octanol–water partition coefficient (Wildman–Crippen LogP) is 3.40. The van der Waals surface area contributed by atoms with Crippen molar-refractivity contribution in [1.82, 2.24) is 33.7 Å². The number of amides is 4. The summed E-state index contributed by atoms with van der Waals surface area (Å²) in [5, 5.41) is 8.70. The number of nitrogens with one attached hydrogen (secondary N) is 1. The molecule has 1 N–H and O–H groups in total. The number of para-hydroxylation sites is 1. The van der Waals surface area contributed by atoms with Crippen molar-refractivity contribution < 1.29 is 27.5 Å². The molecule has 0 bridgehead atoms. The van der Waals surface area contributed by atoms with E-state index < -0.39 is 22.2 Å². The first-order valence-corrected chi connectivity index (χ1v) is 20.4. The zero-order valence-electron chi connectivity index (χ0n) is 29.7. The van der Waals surface area contributed by atoms with E-state index in [2.05, 4.69) is 15.3 Å². The fourth-order valence-electron chi connectivity index (χ4n) is 8.19. The molecule has 0 aliphatic carbocycles. The van der Waals surface area contributed by atoms with Crippen LogP contribution in [0, 0.1) is 0 Å². The molecule has 0 spiro atoms. The molecular weight excluding hydrogens is 708 g/mol. The first-order chi connectivity index (χ1) is 24.9. The van der Waals surface area contributed by atoms with Crippen molar-refractivity contribution >= 4 is 56.2 Å². The molecule has 3 fully saturated rings. The number of aromatic nitrogens is 2. The molecule has 2 aromatic carbocycles. The molecule has 280 valence electrons. The summed E-state index contributed by atoms with van der Waals surface area (Å²) in [7, 11) is -1.39. The number of hydrogen-bond acceptors (Lipinski definition) is 8. The van der Waals surface area contributed by atoms with E-state index in [1.54, 1.807) is 26.7 Å². The number of sulfonamides is 1. The number of ether oxygens (including phenoxy) is 1. The highest BCUT2D eigenvalue weighted by Gasteiger charge is 2.37. The number of benzene rings is 2. The lowest BCUT2D eigenvalue weighted by Gasteiger charge is -2.42. The van der Waals surface area contributed by atoms with E-state index in [-0.39, 0.29) is 30.4 Å². The van der Waals surface area contributed by atoms with Crippen molar-refractivity contribution in [3.63, 3.8) is 0 Å². The average molecular weight is 755 g/mol. The van der Waals surface area contributed by atoms with Gasteiger partial charge in [-0.25, -0.2) is 18.0 Å². The Bertz CT molecular complexity index is 1920. The number of rotatable bonds is 7. The smallest absolute Gasteiger partial charge is 0.410 e. The van der Waals surface area contributed by atoms with Gasteiger partial charge in [-0.15, -0.1) is 0 Å². The van der Waals surface area contributed by atoms with Crippen LogP contribution in [-0.2, 0) is 39.4 Å². The summed E-state index contributed by atoms with van der Waals surface area (Å²) in [6.07, 6.45) is 5.01. The van der Waals surface area contributed by atoms with Crippen LogP contribution >= 0.6 is 11.6 Å². The van der Waals surface area contributed by atoms with Gasteiger partial charge in [0.25, 0.3) is 5.91 Å². The van der Waals surface area contributed by atoms with Gasteiger partial charge < -0.3 is 24.8 Å². The summed E-state index contributed by atoms with van der Waals surface area (Å²) in [4.78, 5) is 48.7. The largest absolute Gasteiger partial charge is 0.436 e. The molecule has 3 saturated heterocycles. The Morgan fingerprint density at radius 1 is 0.942 bits per heavy atom. The van der Waals surface area contributed by atoms with Crippen LogP contribution in [0.1, 0.15) is 36.8 Å². The van der Waals surface area contributed by atoms with Gasteiger partial charge in [-0.3, -0.25) is 14.4 Å². The van der Waals surface area contributed by atoms with Crippen molar-refractivity contribution in [2.45, 2.75) is 56.7 Å². The van der Waals surface area contributed by atoms with E-state index in [0.29, 0.717) is 76.8 Å². The van der Waals surface area contributed by atoms with Crippen LogP contribution in [0.3, 0.4) is 0 Å². The molecule has 1 aromatic heterocycles. The van der Waals surface area contributed by atoms with Crippen molar-refractivity contribution in [3.8, 4) is 0 Å². The van der Waals surface area contributed by atoms with Crippen molar-refractivity contribution in [1.29, 1.82) is 0 Å². The van der Waals surface area contributed by atoms with Crippen molar-refractivity contribution in [3.05, 3.63) is 58.7 Å². The molecule has 4 amide bonds. The number of anilines is 1. The lowest BCUT2D eigenvalue weighted by molar-refractivity contribution is -0.142. The van der Waals surface area contributed by atoms with Gasteiger partial charge in [-0.1, -0.05) is 29.8 Å². The van der Waals surface area contributed by atoms with Crippen molar-refractivity contribution in [2.24, 2.45) is 7.05 Å². The Hall–Kier alpha value is -3.92. The summed E-state index contributed by atoms with van der Waals surface area (Å²) in [6, 6.07) is 11.7. The van der Waals surface area contributed by atoms with Crippen LogP contribution in [-0.4, -0.2) is 143 Å². The van der Waals surface area contributed by atoms with Gasteiger partial charge >= 0.3 is 12.1 Å². The highest BCUT2D eigenvalue weighted by Crippen LogP contribution is 2.28. The standard InChI is InChI=1S/C36H47ClN8O6S/c1-40-33-27(24-38-40)21-25(22-30(33)37)23-32(34(46)42-12-8-28(9-13-42)41-17-19-44(20-18-41)52(2,49)50)51-36(48)43-14-10-29(11-15-43)45-16-7-26-5-3-4-6-31(26)39-35(45)47/h3-6,21-22,24,28-29,32H,7-20,23H2,1-2H3,(H,39,47)/t32-/m1/s1. The highest BCUT2D eigenvalue weighted by atomic mass is 35.5. The summed E-state index contributed by atoms with van der Waals surface area (Å²) in [5.74, 6) is -0.244. The Kier molecular flexibility index (Phi) is 10.7. The van der Waals surface area contributed by atoms with E-state index in [4.69, 9.17) is 16.3 Å². The minimum absolute atomic E-state index is 0.0141. The third kappa shape index (κ3) is 7.87. The molecule has 7 rings (SSSR count). The molecule has 3 aromatic rings. The maximum absolute atomic E-state index is 14.2. The molecule has 14 nitrogen and oxygen atoms in total. The summed E-state index contributed by atoms with van der Waals surface area (Å²) in [6.45, 7) is 4.71. The summed E-state index contributed by atoms with van der Waals surface area (Å²) >= 11 is 6.65. The number of nitrogens with zero attached hydrogens (tertiary/aromatic N) is 7. The predicted molar refractivity (Wildman–Crippen MR) is 198 cm³/mol. The van der Waals surface area contributed by atoms with E-state index in [1.807, 2.05) is 42.3 Å². The number of fused-ring (bicyclic) bond motifs is 2. The zero-order chi connectivity index (χ0) is 36.6. The molecule has 4 aliphatic rings. The Morgan fingerprint density at radius 2 is 1.62 bits per heavy atom. The molecular formula is C36H47ClN8O6S. The Balaban J connectivity index is 0.996. The van der Waals surface area contributed by atoms with E-state index in [0.717, 1.165) is 47.0 Å². The van der Waals surface area contributed by atoms with Gasteiger partial charge in [-0.05, 0) is 61.4 Å². The number of urea groups is 1. The average Bonchev–Trinajstić information content (AvgIpc) is 3.43. The normalized spacial score (nSPS) is 20.8. The summed E-state index contributed by atoms with van der Waals surface area (Å²) < 4.78 is 33.3. The lowest BCUT2D eigenvalue weighted by atomic mass is 10.00. The van der Waals surface area contributed by atoms with Gasteiger partial charge in [0, 0.05) is 95.5 Å². The Labute approximate surface area is 309 Å². The molecule has 16 heteroatoms. The molecule has 0 radical (unpaired) electrons. The number of carbonyl (C=O) groups is 3. The van der Waals surface area contributed by atoms with E-state index in [9.17, 15) is 22.8 Å². The van der Waals surface area contributed by atoms with Gasteiger partial charge in [-0.2, -0.15) is 9.40 Å². The van der Waals surface area contributed by atoms with E-state index >= 15 is 0 Å². The molecule has 0 unspecified atom stereocenters. The third-order valence-corrected chi connectivity index (χ3v) is 12.7. The Morgan fingerprint density at radius 3 is 2.33 bits per heavy atom. The second kappa shape index (κ2) is 15.2. The van der Waals surface area contributed by atoms with E-state index in [1.165, 1.54) is 10.6 Å². The first kappa shape index (κ1) is 36.4. The topological polar surface area (TPSA) is 141 Å². The van der Waals surface area contributed by atoms with Gasteiger partial charge in [0.15, 0.2) is 6.10 Å². The second-order valence-corrected chi connectivity index (χ2v) is 16.8. The van der Waals surface area contributed by atoms with Gasteiger partial charge in [0.1, 0.15) is 0 Å². The van der Waals surface area contributed by atoms with Crippen LogP contribution in [0.25, 0.3) is 10.9 Å². The number of carbonyl (C=O) groups excluding carboxylic acids is 3. The monoisotopic (exact) mass is 754 g/mol. The molecule has 52 heavy (non-hydrogen) atoms. The van der Waals surface area contributed by atoms with Crippen LogP contribution in [0.15, 0.2) is 42.6 Å². The fraction of sp³-hybridized carbons (Fsp3) is 0.556. The molecule has 0 saturated carbocycles. The van der Waals surface area contributed by atoms with Crippen LogP contribution in [0.4, 0.5) is 15.3 Å². The van der Waals surface area contributed by atoms with Crippen LogP contribution < -0.4 is 5.32 Å². The van der Waals surface area contributed by atoms with Gasteiger partial charge in [0.2, 0.25) is 10.0 Å². The van der Waals surface area contributed by atoms with Crippen molar-refractivity contribution in [2.75, 3.05) is 70.5 Å². The lowest BCUT2D eigenvalue weighted by Crippen LogP contribution is -2.55. The zero-order valence-corrected chi connectivity index (χ0v) is 31.3. The minimum Gasteiger partial charge on any atom is -0.436 e. The quantitative estimate of drug-likeness (QED) is 0.388. The minimum atomic E-state index is -3.21. The molecule has 5 heterocycles. The third-order valence-electron chi connectivity index (χ3n) is 11.1. The number of halogens is 1. The maximum Gasteiger partial charge on any atom is 0.410 e. The molecule has 4 aliphatic heterocycles. The number of piperidine rings is 2. The first-order valence-electron chi connectivity index (χ1n) is 18.1. The SMILES string of the molecule is Cn1ncc2cc(C[C@@H](OC(=O)N3CCC(N4CCc5ccccc5NC4=O)CC3)C(=O)N3CCC(N4CCN(S(C)(=O)=O)CC4)CC3)cc(Cl)c21. The number of hydrogen-bond donors (Lipinski definition) is 1. The second-order valence-electron chi connectivity index (χ2n) is 14.4. The maximum atomic E-state index is 14.2. The van der Waals surface area contributed by atoms with Crippen LogP contribution in [0.2, 0.25) is 5.02 Å². The highest BCUT2D eigenvalue weighted by molar-refractivity contribution is 7.88. The number of likely N-dealkylation sites (tertiary alicyclic amines) is 2.